The van der Waals surface area contributed by atoms with E-state index in [2.05, 4.69) is 25.6 Å². The lowest BCUT2D eigenvalue weighted by atomic mass is 10.1. The second kappa shape index (κ2) is 4.82. The van der Waals surface area contributed by atoms with Crippen molar-refractivity contribution >= 4 is 33.4 Å². The van der Waals surface area contributed by atoms with Crippen molar-refractivity contribution in [1.29, 1.82) is 0 Å². The summed E-state index contributed by atoms with van der Waals surface area (Å²) in [6.45, 7) is 0. The summed E-state index contributed by atoms with van der Waals surface area (Å²) in [5, 5.41) is 2.21. The zero-order chi connectivity index (χ0) is 14.2. The first kappa shape index (κ1) is 12.3. The molecule has 3 aromatic heterocycles. The van der Waals surface area contributed by atoms with Crippen molar-refractivity contribution in [3.8, 4) is 5.69 Å². The minimum atomic E-state index is 0.343. The summed E-state index contributed by atoms with van der Waals surface area (Å²) >= 11 is 6.09. The standard InChI is InChI=1S/C16H11ClN4/c17-8-16-20-13-10-19-7-5-15(13)21(16)14-3-1-2-11-9-18-6-4-12(11)14/h1-7,9-10H,8H2. The smallest absolute Gasteiger partial charge is 0.129 e. The molecule has 4 rings (SSSR count). The summed E-state index contributed by atoms with van der Waals surface area (Å²) in [6, 6.07) is 10.1. The predicted molar refractivity (Wildman–Crippen MR) is 83.7 cm³/mol. The Morgan fingerprint density at radius 2 is 1.86 bits per heavy atom. The number of hydrogen-bond donors (Lipinski definition) is 0. The van der Waals surface area contributed by atoms with Gasteiger partial charge < -0.3 is 0 Å². The van der Waals surface area contributed by atoms with E-state index in [9.17, 15) is 0 Å². The Morgan fingerprint density at radius 1 is 1.00 bits per heavy atom. The third-order valence-electron chi connectivity index (χ3n) is 3.54. The fraction of sp³-hybridized carbons (Fsp3) is 0.0625. The van der Waals surface area contributed by atoms with Crippen molar-refractivity contribution < 1.29 is 0 Å². The van der Waals surface area contributed by atoms with Gasteiger partial charge in [0.2, 0.25) is 0 Å². The zero-order valence-corrected chi connectivity index (χ0v) is 11.8. The molecule has 4 nitrogen and oxygen atoms in total. The molecule has 3 heterocycles. The number of imidazole rings is 1. The molecule has 0 bridgehead atoms. The van der Waals surface area contributed by atoms with Gasteiger partial charge in [0.05, 0.1) is 23.3 Å². The van der Waals surface area contributed by atoms with Crippen LogP contribution < -0.4 is 0 Å². The number of alkyl halides is 1. The molecule has 0 saturated heterocycles. The topological polar surface area (TPSA) is 43.6 Å². The molecule has 5 heteroatoms. The lowest BCUT2D eigenvalue weighted by Gasteiger charge is -2.11. The van der Waals surface area contributed by atoms with Crippen molar-refractivity contribution in [2.24, 2.45) is 0 Å². The van der Waals surface area contributed by atoms with Gasteiger partial charge in [0.1, 0.15) is 11.3 Å². The third-order valence-corrected chi connectivity index (χ3v) is 3.78. The average Bonchev–Trinajstić information content (AvgIpc) is 2.92. The highest BCUT2D eigenvalue weighted by Crippen LogP contribution is 2.27. The molecule has 0 radical (unpaired) electrons. The molecule has 0 amide bonds. The van der Waals surface area contributed by atoms with Crippen molar-refractivity contribution in [1.82, 2.24) is 19.5 Å². The maximum Gasteiger partial charge on any atom is 0.129 e. The number of pyridine rings is 2. The number of halogens is 1. The molecular weight excluding hydrogens is 284 g/mol. The van der Waals surface area contributed by atoms with Gasteiger partial charge in [-0.1, -0.05) is 12.1 Å². The van der Waals surface area contributed by atoms with Gasteiger partial charge in [-0.25, -0.2) is 4.98 Å². The average molecular weight is 295 g/mol. The van der Waals surface area contributed by atoms with Crippen molar-refractivity contribution in [2.75, 3.05) is 0 Å². The Morgan fingerprint density at radius 3 is 2.76 bits per heavy atom. The number of rotatable bonds is 2. The maximum absolute atomic E-state index is 6.09. The summed E-state index contributed by atoms with van der Waals surface area (Å²) < 4.78 is 2.09. The van der Waals surface area contributed by atoms with Crippen molar-refractivity contribution in [3.05, 3.63) is 60.9 Å². The van der Waals surface area contributed by atoms with E-state index in [0.717, 1.165) is 33.3 Å². The van der Waals surface area contributed by atoms with Crippen molar-refractivity contribution in [2.45, 2.75) is 5.88 Å². The Labute approximate surface area is 126 Å². The summed E-state index contributed by atoms with van der Waals surface area (Å²) in [4.78, 5) is 12.9. The molecule has 0 unspecified atom stereocenters. The van der Waals surface area contributed by atoms with Crippen LogP contribution in [-0.2, 0) is 5.88 Å². The van der Waals surface area contributed by atoms with Crippen LogP contribution in [-0.4, -0.2) is 19.5 Å². The van der Waals surface area contributed by atoms with Gasteiger partial charge in [-0.15, -0.1) is 11.6 Å². The van der Waals surface area contributed by atoms with Crippen LogP contribution in [0.1, 0.15) is 5.82 Å². The Hall–Kier alpha value is -2.46. The normalized spacial score (nSPS) is 11.3. The first-order valence-electron chi connectivity index (χ1n) is 6.59. The Bertz CT molecular complexity index is 940. The van der Waals surface area contributed by atoms with Crippen LogP contribution in [0.15, 0.2) is 55.1 Å². The molecule has 0 aliphatic heterocycles. The van der Waals surface area contributed by atoms with Gasteiger partial charge in [0, 0.05) is 29.4 Å². The highest BCUT2D eigenvalue weighted by atomic mass is 35.5. The van der Waals surface area contributed by atoms with E-state index in [1.54, 1.807) is 18.6 Å². The lowest BCUT2D eigenvalue weighted by molar-refractivity contribution is 0.989. The minimum Gasteiger partial charge on any atom is -0.295 e. The van der Waals surface area contributed by atoms with Crippen LogP contribution in [0.25, 0.3) is 27.5 Å². The van der Waals surface area contributed by atoms with Crippen LogP contribution in [0.2, 0.25) is 0 Å². The Balaban J connectivity index is 2.13. The second-order valence-corrected chi connectivity index (χ2v) is 5.00. The molecular formula is C16H11ClN4. The number of benzene rings is 1. The van der Waals surface area contributed by atoms with Gasteiger partial charge in [0.25, 0.3) is 0 Å². The molecule has 4 aromatic rings. The first-order chi connectivity index (χ1) is 10.4. The molecule has 21 heavy (non-hydrogen) atoms. The van der Waals surface area contributed by atoms with Gasteiger partial charge in [-0.3, -0.25) is 14.5 Å². The van der Waals surface area contributed by atoms with E-state index in [1.165, 1.54) is 0 Å². The van der Waals surface area contributed by atoms with E-state index in [-0.39, 0.29) is 0 Å². The van der Waals surface area contributed by atoms with Crippen LogP contribution >= 0.6 is 11.6 Å². The number of hydrogen-bond acceptors (Lipinski definition) is 3. The molecule has 0 fully saturated rings. The summed E-state index contributed by atoms with van der Waals surface area (Å²) in [5.74, 6) is 1.15. The van der Waals surface area contributed by atoms with E-state index < -0.39 is 0 Å². The summed E-state index contributed by atoms with van der Waals surface area (Å²) in [5.41, 5.74) is 2.91. The van der Waals surface area contributed by atoms with Crippen molar-refractivity contribution in [3.63, 3.8) is 0 Å². The minimum absolute atomic E-state index is 0.343. The van der Waals surface area contributed by atoms with Crippen LogP contribution in [0.3, 0.4) is 0 Å². The van der Waals surface area contributed by atoms with Gasteiger partial charge in [-0.2, -0.15) is 0 Å². The van der Waals surface area contributed by atoms with E-state index in [1.807, 2.05) is 30.5 Å². The molecule has 102 valence electrons. The summed E-state index contributed by atoms with van der Waals surface area (Å²) in [7, 11) is 0. The largest absolute Gasteiger partial charge is 0.295 e. The first-order valence-corrected chi connectivity index (χ1v) is 7.12. The monoisotopic (exact) mass is 294 g/mol. The highest BCUT2D eigenvalue weighted by molar-refractivity contribution is 6.17. The van der Waals surface area contributed by atoms with E-state index >= 15 is 0 Å². The molecule has 0 spiro atoms. The van der Waals surface area contributed by atoms with Crippen LogP contribution in [0.4, 0.5) is 0 Å². The summed E-state index contributed by atoms with van der Waals surface area (Å²) in [6.07, 6.45) is 7.19. The predicted octanol–water partition coefficient (Wildman–Crippen LogP) is 3.71. The van der Waals surface area contributed by atoms with Gasteiger partial charge in [0.15, 0.2) is 0 Å². The molecule has 0 atom stereocenters. The van der Waals surface area contributed by atoms with Crippen LogP contribution in [0, 0.1) is 0 Å². The lowest BCUT2D eigenvalue weighted by Crippen LogP contribution is -2.00. The quantitative estimate of drug-likeness (QED) is 0.529. The van der Waals surface area contributed by atoms with E-state index in [0.29, 0.717) is 5.88 Å². The van der Waals surface area contributed by atoms with Gasteiger partial charge in [-0.05, 0) is 18.2 Å². The molecule has 0 N–H and O–H groups in total. The highest BCUT2D eigenvalue weighted by Gasteiger charge is 2.13. The number of aromatic nitrogens is 4. The maximum atomic E-state index is 6.09. The second-order valence-electron chi connectivity index (χ2n) is 4.74. The Kier molecular flexibility index (Phi) is 2.82. The zero-order valence-electron chi connectivity index (χ0n) is 11.1. The third kappa shape index (κ3) is 1.87. The fourth-order valence-electron chi connectivity index (χ4n) is 2.64. The molecule has 0 aliphatic carbocycles. The fourth-order valence-corrected chi connectivity index (χ4v) is 2.82. The molecule has 1 aromatic carbocycles. The number of fused-ring (bicyclic) bond motifs is 2. The SMILES string of the molecule is ClCc1nc2cnccc2n1-c1cccc2cnccc12. The number of nitrogens with zero attached hydrogens (tertiary/aromatic N) is 4. The van der Waals surface area contributed by atoms with Gasteiger partial charge >= 0.3 is 0 Å². The molecule has 0 aliphatic rings. The molecule has 0 saturated carbocycles. The van der Waals surface area contributed by atoms with Crippen LogP contribution in [0.5, 0.6) is 0 Å². The van der Waals surface area contributed by atoms with E-state index in [4.69, 9.17) is 11.6 Å².